The Hall–Kier alpha value is -2.51. The highest BCUT2D eigenvalue weighted by Gasteiger charge is 2.20. The molecule has 0 spiro atoms. The largest absolute Gasteiger partial charge is 0.350 e. The molecule has 2 heterocycles. The van der Waals surface area contributed by atoms with Crippen LogP contribution in [0.5, 0.6) is 0 Å². The summed E-state index contributed by atoms with van der Waals surface area (Å²) in [6.45, 7) is 2.45. The van der Waals surface area contributed by atoms with Gasteiger partial charge in [-0.1, -0.05) is 0 Å². The van der Waals surface area contributed by atoms with Gasteiger partial charge in [-0.15, -0.1) is 11.3 Å². The molecular formula is C19H20FN3O2S. The van der Waals surface area contributed by atoms with Gasteiger partial charge in [0.2, 0.25) is 5.56 Å². The number of carbonyl (C=O) groups excluding carboxylic acids is 1. The molecule has 2 N–H and O–H groups in total. The number of rotatable bonds is 5. The Bertz CT molecular complexity index is 1010. The molecule has 26 heavy (non-hydrogen) atoms. The van der Waals surface area contributed by atoms with E-state index < -0.39 is 11.4 Å². The van der Waals surface area contributed by atoms with E-state index in [1.165, 1.54) is 34.7 Å². The molecule has 0 aliphatic carbocycles. The van der Waals surface area contributed by atoms with E-state index in [0.29, 0.717) is 17.4 Å². The molecule has 0 radical (unpaired) electrons. The minimum Gasteiger partial charge on any atom is -0.350 e. The Labute approximate surface area is 154 Å². The van der Waals surface area contributed by atoms with Crippen LogP contribution in [0.25, 0.3) is 10.9 Å². The molecule has 0 saturated heterocycles. The standard InChI is InChI=1S/C19H20FN3O2S/c1-11-6-7-26-18(11)16(23(2)3)10-21-19(25)14-9-17(24)22-15-8-12(20)4-5-13(14)15/h4-9,16H,10H2,1-3H3,(H,21,25)(H,22,24)/t16-/m0/s1. The number of fused-ring (bicyclic) bond motifs is 1. The number of hydrogen-bond acceptors (Lipinski definition) is 4. The SMILES string of the molecule is Cc1ccsc1[C@H](CNC(=O)c1cc(=O)[nH]c2cc(F)ccc12)N(C)C. The number of likely N-dealkylation sites (N-methyl/N-ethyl adjacent to an activating group) is 1. The normalized spacial score (nSPS) is 12.5. The predicted octanol–water partition coefficient (Wildman–Crippen LogP) is 3.07. The van der Waals surface area contributed by atoms with E-state index in [9.17, 15) is 14.0 Å². The summed E-state index contributed by atoms with van der Waals surface area (Å²) < 4.78 is 13.4. The number of pyridine rings is 1. The summed E-state index contributed by atoms with van der Waals surface area (Å²) in [7, 11) is 3.92. The molecule has 0 aliphatic heterocycles. The number of nitrogens with zero attached hydrogens (tertiary/aromatic N) is 1. The van der Waals surface area contributed by atoms with Gasteiger partial charge in [-0.25, -0.2) is 4.39 Å². The highest BCUT2D eigenvalue weighted by atomic mass is 32.1. The summed E-state index contributed by atoms with van der Waals surface area (Å²) in [5.74, 6) is -0.819. The second-order valence-electron chi connectivity index (χ2n) is 6.39. The molecule has 1 atom stereocenters. The van der Waals surface area contributed by atoms with Gasteiger partial charge < -0.3 is 15.2 Å². The molecule has 3 rings (SSSR count). The molecule has 0 bridgehead atoms. The molecule has 7 heteroatoms. The lowest BCUT2D eigenvalue weighted by molar-refractivity contribution is 0.0943. The summed E-state index contributed by atoms with van der Waals surface area (Å²) in [5.41, 5.74) is 1.29. The fraction of sp³-hybridized carbons (Fsp3) is 0.263. The van der Waals surface area contributed by atoms with Crippen molar-refractivity contribution in [3.8, 4) is 0 Å². The lowest BCUT2D eigenvalue weighted by Crippen LogP contribution is -2.35. The monoisotopic (exact) mass is 373 g/mol. The van der Waals surface area contributed by atoms with E-state index in [1.807, 2.05) is 31.3 Å². The van der Waals surface area contributed by atoms with Gasteiger partial charge in [-0.2, -0.15) is 0 Å². The second-order valence-corrected chi connectivity index (χ2v) is 7.34. The minimum atomic E-state index is -0.466. The molecule has 0 aliphatic rings. The highest BCUT2D eigenvalue weighted by Crippen LogP contribution is 2.27. The molecule has 0 unspecified atom stereocenters. The third kappa shape index (κ3) is 3.68. The van der Waals surface area contributed by atoms with Crippen molar-refractivity contribution in [3.05, 3.63) is 67.9 Å². The molecular weight excluding hydrogens is 353 g/mol. The van der Waals surface area contributed by atoms with Crippen molar-refractivity contribution in [1.29, 1.82) is 0 Å². The number of hydrogen-bond donors (Lipinski definition) is 2. The van der Waals surface area contributed by atoms with E-state index in [1.54, 1.807) is 11.3 Å². The molecule has 1 aromatic carbocycles. The molecule has 2 aromatic heterocycles. The smallest absolute Gasteiger partial charge is 0.252 e. The fourth-order valence-corrected chi connectivity index (χ4v) is 4.06. The molecule has 3 aromatic rings. The van der Waals surface area contributed by atoms with Crippen molar-refractivity contribution < 1.29 is 9.18 Å². The number of carbonyl (C=O) groups is 1. The van der Waals surface area contributed by atoms with E-state index in [-0.39, 0.29) is 17.5 Å². The van der Waals surface area contributed by atoms with Crippen LogP contribution < -0.4 is 10.9 Å². The zero-order valence-electron chi connectivity index (χ0n) is 14.8. The van der Waals surface area contributed by atoms with Crippen LogP contribution in [-0.2, 0) is 0 Å². The summed E-state index contributed by atoms with van der Waals surface area (Å²) in [5, 5.41) is 5.45. The lowest BCUT2D eigenvalue weighted by atomic mass is 10.1. The van der Waals surface area contributed by atoms with E-state index in [2.05, 4.69) is 16.4 Å². The molecule has 136 valence electrons. The van der Waals surface area contributed by atoms with Gasteiger partial charge in [0.05, 0.1) is 17.1 Å². The third-order valence-corrected chi connectivity index (χ3v) is 5.45. The topological polar surface area (TPSA) is 65.2 Å². The first-order valence-electron chi connectivity index (χ1n) is 8.18. The van der Waals surface area contributed by atoms with Gasteiger partial charge >= 0.3 is 0 Å². The van der Waals surface area contributed by atoms with Gasteiger partial charge in [-0.3, -0.25) is 9.59 Å². The summed E-state index contributed by atoms with van der Waals surface area (Å²) in [4.78, 5) is 30.3. The average molecular weight is 373 g/mol. The van der Waals surface area contributed by atoms with Crippen LogP contribution in [0.4, 0.5) is 4.39 Å². The van der Waals surface area contributed by atoms with Crippen LogP contribution in [0.15, 0.2) is 40.5 Å². The number of aromatic nitrogens is 1. The number of benzene rings is 1. The third-order valence-electron chi connectivity index (χ3n) is 4.33. The summed E-state index contributed by atoms with van der Waals surface area (Å²) >= 11 is 1.65. The van der Waals surface area contributed by atoms with E-state index in [0.717, 1.165) is 0 Å². The maximum absolute atomic E-state index is 13.4. The van der Waals surface area contributed by atoms with Gasteiger partial charge in [0, 0.05) is 22.9 Å². The number of aromatic amines is 1. The molecule has 1 amide bonds. The molecule has 0 saturated carbocycles. The number of H-pyrrole nitrogens is 1. The Morgan fingerprint density at radius 2 is 2.08 bits per heavy atom. The van der Waals surface area contributed by atoms with Gasteiger partial charge in [0.1, 0.15) is 5.82 Å². The van der Waals surface area contributed by atoms with Crippen molar-refractivity contribution in [1.82, 2.24) is 15.2 Å². The van der Waals surface area contributed by atoms with Crippen molar-refractivity contribution in [2.75, 3.05) is 20.6 Å². The van der Waals surface area contributed by atoms with Gasteiger partial charge in [-0.05, 0) is 56.2 Å². The van der Waals surface area contributed by atoms with Crippen molar-refractivity contribution in [2.45, 2.75) is 13.0 Å². The Balaban J connectivity index is 1.87. The first kappa shape index (κ1) is 18.3. The van der Waals surface area contributed by atoms with Crippen molar-refractivity contribution in [2.24, 2.45) is 0 Å². The average Bonchev–Trinajstić information content (AvgIpc) is 2.99. The summed E-state index contributed by atoms with van der Waals surface area (Å²) in [6.07, 6.45) is 0. The molecule has 0 fully saturated rings. The van der Waals surface area contributed by atoms with Gasteiger partial charge in [0.25, 0.3) is 5.91 Å². The van der Waals surface area contributed by atoms with Crippen LogP contribution in [0.2, 0.25) is 0 Å². The van der Waals surface area contributed by atoms with Crippen LogP contribution >= 0.6 is 11.3 Å². The molecule has 5 nitrogen and oxygen atoms in total. The second kappa shape index (κ2) is 7.39. The van der Waals surface area contributed by atoms with Crippen molar-refractivity contribution in [3.63, 3.8) is 0 Å². The van der Waals surface area contributed by atoms with E-state index >= 15 is 0 Å². The number of aryl methyl sites for hydroxylation is 1. The number of thiophene rings is 1. The summed E-state index contributed by atoms with van der Waals surface area (Å²) in [6, 6.07) is 7.32. The van der Waals surface area contributed by atoms with Crippen LogP contribution in [0.3, 0.4) is 0 Å². The highest BCUT2D eigenvalue weighted by molar-refractivity contribution is 7.10. The first-order chi connectivity index (χ1) is 12.4. The number of amides is 1. The van der Waals surface area contributed by atoms with Gasteiger partial charge in [0.15, 0.2) is 0 Å². The van der Waals surface area contributed by atoms with Crippen LogP contribution in [0, 0.1) is 12.7 Å². The Kier molecular flexibility index (Phi) is 5.20. The number of halogens is 1. The fourth-order valence-electron chi connectivity index (χ4n) is 2.94. The maximum Gasteiger partial charge on any atom is 0.252 e. The van der Waals surface area contributed by atoms with Crippen LogP contribution in [-0.4, -0.2) is 36.4 Å². The zero-order chi connectivity index (χ0) is 18.8. The minimum absolute atomic E-state index is 0.0321. The van der Waals surface area contributed by atoms with E-state index in [4.69, 9.17) is 0 Å². The maximum atomic E-state index is 13.4. The Morgan fingerprint density at radius 3 is 2.73 bits per heavy atom. The van der Waals surface area contributed by atoms with Crippen molar-refractivity contribution >= 4 is 28.1 Å². The van der Waals surface area contributed by atoms with Crippen LogP contribution in [0.1, 0.15) is 26.8 Å². The lowest BCUT2D eigenvalue weighted by Gasteiger charge is -2.24. The predicted molar refractivity (Wildman–Crippen MR) is 102 cm³/mol. The zero-order valence-corrected chi connectivity index (χ0v) is 15.6. The quantitative estimate of drug-likeness (QED) is 0.722. The Morgan fingerprint density at radius 1 is 1.31 bits per heavy atom. The number of nitrogens with one attached hydrogen (secondary N) is 2. The first-order valence-corrected chi connectivity index (χ1v) is 9.06.